The van der Waals surface area contributed by atoms with Gasteiger partial charge in [0.15, 0.2) is 0 Å². The van der Waals surface area contributed by atoms with Crippen molar-refractivity contribution in [3.63, 3.8) is 0 Å². The maximum Gasteiger partial charge on any atom is 0.271 e. The van der Waals surface area contributed by atoms with Crippen LogP contribution >= 0.6 is 11.6 Å². The summed E-state index contributed by atoms with van der Waals surface area (Å²) in [4.78, 5) is 13.2. The lowest BCUT2D eigenvalue weighted by Gasteiger charge is -2.15. The van der Waals surface area contributed by atoms with Gasteiger partial charge in [0, 0.05) is 11.8 Å². The van der Waals surface area contributed by atoms with Crippen LogP contribution in [0.3, 0.4) is 0 Å². The second kappa shape index (κ2) is 4.45. The van der Waals surface area contributed by atoms with Crippen molar-refractivity contribution in [3.05, 3.63) is 28.2 Å². The average Bonchev–Trinajstić information content (AvgIpc) is 2.20. The van der Waals surface area contributed by atoms with Gasteiger partial charge in [0.05, 0.1) is 17.7 Å². The molecule has 0 fully saturated rings. The van der Waals surface area contributed by atoms with Crippen molar-refractivity contribution in [2.45, 2.75) is 12.2 Å². The Kier molecular flexibility index (Phi) is 3.51. The van der Waals surface area contributed by atoms with E-state index in [4.69, 9.17) is 17.3 Å². The minimum absolute atomic E-state index is 0.0108. The second-order valence-electron chi connectivity index (χ2n) is 2.88. The zero-order chi connectivity index (χ0) is 10.7. The smallest absolute Gasteiger partial charge is 0.271 e. The molecule has 1 aromatic rings. The van der Waals surface area contributed by atoms with Crippen LogP contribution in [0.15, 0.2) is 17.1 Å². The summed E-state index contributed by atoms with van der Waals surface area (Å²) in [6.07, 6.45) is -0.937. The molecule has 5 nitrogen and oxygen atoms in total. The van der Waals surface area contributed by atoms with E-state index in [0.29, 0.717) is 5.56 Å². The van der Waals surface area contributed by atoms with E-state index in [2.05, 4.69) is 4.98 Å². The molecule has 0 aromatic carbocycles. The summed E-state index contributed by atoms with van der Waals surface area (Å²) in [5, 5.41) is 18.7. The lowest BCUT2D eigenvalue weighted by atomic mass is 10.1. The van der Waals surface area contributed by atoms with Crippen LogP contribution in [0, 0.1) is 0 Å². The Hall–Kier alpha value is -1.04. The summed E-state index contributed by atoms with van der Waals surface area (Å²) in [6.45, 7) is 0. The molecule has 1 rings (SSSR count). The molecule has 6 heteroatoms. The molecular weight excluding hydrogens is 208 g/mol. The highest BCUT2D eigenvalue weighted by Crippen LogP contribution is 2.17. The zero-order valence-corrected chi connectivity index (χ0v) is 8.03. The molecule has 14 heavy (non-hydrogen) atoms. The fourth-order valence-corrected chi connectivity index (χ4v) is 1.17. The molecule has 0 saturated carbocycles. The Bertz CT molecular complexity index is 366. The molecule has 1 heterocycles. The number of pyridine rings is 1. The van der Waals surface area contributed by atoms with Crippen LogP contribution in [0.4, 0.5) is 5.69 Å². The monoisotopic (exact) mass is 218 g/mol. The summed E-state index contributed by atoms with van der Waals surface area (Å²) in [7, 11) is 0. The quantitative estimate of drug-likeness (QED) is 0.519. The highest BCUT2D eigenvalue weighted by atomic mass is 35.5. The minimum Gasteiger partial charge on any atom is -0.394 e. The first kappa shape index (κ1) is 11.0. The number of aromatic amines is 1. The third-order valence-corrected chi connectivity index (χ3v) is 2.13. The minimum atomic E-state index is -1.15. The number of anilines is 1. The van der Waals surface area contributed by atoms with Gasteiger partial charge in [-0.2, -0.15) is 0 Å². The predicted molar refractivity (Wildman–Crippen MR) is 53.2 cm³/mol. The zero-order valence-electron chi connectivity index (χ0n) is 7.27. The largest absolute Gasteiger partial charge is 0.394 e. The summed E-state index contributed by atoms with van der Waals surface area (Å²) >= 11 is 5.35. The SMILES string of the molecule is Nc1cc(C(O)C(O)CCl)c[nH]c1=O. The Morgan fingerprint density at radius 3 is 2.71 bits per heavy atom. The Balaban J connectivity index is 2.96. The van der Waals surface area contributed by atoms with E-state index >= 15 is 0 Å². The number of H-pyrrole nitrogens is 1. The first-order chi connectivity index (χ1) is 6.56. The molecule has 0 bridgehead atoms. The van der Waals surface area contributed by atoms with Crippen LogP contribution in [0.1, 0.15) is 11.7 Å². The topological polar surface area (TPSA) is 99.3 Å². The Morgan fingerprint density at radius 2 is 2.21 bits per heavy atom. The molecule has 1 aromatic heterocycles. The third-order valence-electron chi connectivity index (χ3n) is 1.82. The number of aliphatic hydroxyl groups excluding tert-OH is 2. The molecule has 2 unspecified atom stereocenters. The van der Waals surface area contributed by atoms with E-state index < -0.39 is 17.8 Å². The van der Waals surface area contributed by atoms with Crippen LogP contribution < -0.4 is 11.3 Å². The van der Waals surface area contributed by atoms with E-state index in [1.54, 1.807) is 0 Å². The standard InChI is InChI=1S/C8H11ClN2O3/c9-2-6(12)7(13)4-1-5(10)8(14)11-3-4/h1,3,6-7,12-13H,2,10H2,(H,11,14). The maximum atomic E-state index is 10.9. The van der Waals surface area contributed by atoms with E-state index in [9.17, 15) is 15.0 Å². The van der Waals surface area contributed by atoms with Gasteiger partial charge in [-0.3, -0.25) is 4.79 Å². The first-order valence-electron chi connectivity index (χ1n) is 3.96. The fraction of sp³-hybridized carbons (Fsp3) is 0.375. The molecular formula is C8H11ClN2O3. The first-order valence-corrected chi connectivity index (χ1v) is 4.50. The van der Waals surface area contributed by atoms with E-state index in [0.717, 1.165) is 0 Å². The van der Waals surface area contributed by atoms with Crippen molar-refractivity contribution >= 4 is 17.3 Å². The number of halogens is 1. The molecule has 0 amide bonds. The number of hydrogen-bond acceptors (Lipinski definition) is 4. The van der Waals surface area contributed by atoms with Gasteiger partial charge in [0.2, 0.25) is 0 Å². The summed E-state index contributed by atoms with van der Waals surface area (Å²) < 4.78 is 0. The molecule has 2 atom stereocenters. The highest BCUT2D eigenvalue weighted by Gasteiger charge is 2.17. The predicted octanol–water partition coefficient (Wildman–Crippen LogP) is -0.410. The van der Waals surface area contributed by atoms with Crippen molar-refractivity contribution in [1.29, 1.82) is 0 Å². The van der Waals surface area contributed by atoms with Crippen LogP contribution in [0.25, 0.3) is 0 Å². The van der Waals surface area contributed by atoms with Gasteiger partial charge in [-0.15, -0.1) is 11.6 Å². The molecule has 78 valence electrons. The number of nitrogens with two attached hydrogens (primary N) is 1. The number of aliphatic hydroxyl groups is 2. The van der Waals surface area contributed by atoms with Crippen LogP contribution in [0.5, 0.6) is 0 Å². The summed E-state index contributed by atoms with van der Waals surface area (Å²) in [6, 6.07) is 1.30. The molecule has 0 aliphatic heterocycles. The molecule has 0 aliphatic rings. The molecule has 0 saturated heterocycles. The molecule has 5 N–H and O–H groups in total. The third kappa shape index (κ3) is 2.25. The van der Waals surface area contributed by atoms with Gasteiger partial charge in [-0.05, 0) is 6.07 Å². The number of aromatic nitrogens is 1. The van der Waals surface area contributed by atoms with Crippen LogP contribution in [-0.4, -0.2) is 27.2 Å². The van der Waals surface area contributed by atoms with Gasteiger partial charge in [-0.1, -0.05) is 0 Å². The number of alkyl halides is 1. The number of nitrogen functional groups attached to an aromatic ring is 1. The number of hydrogen-bond donors (Lipinski definition) is 4. The Morgan fingerprint density at radius 1 is 1.57 bits per heavy atom. The van der Waals surface area contributed by atoms with Gasteiger partial charge in [0.25, 0.3) is 5.56 Å². The fourth-order valence-electron chi connectivity index (χ4n) is 0.996. The summed E-state index contributed by atoms with van der Waals surface area (Å²) in [5.74, 6) is -0.0970. The van der Waals surface area contributed by atoms with Crippen molar-refractivity contribution < 1.29 is 10.2 Å². The number of nitrogens with one attached hydrogen (secondary N) is 1. The maximum absolute atomic E-state index is 10.9. The molecule has 0 radical (unpaired) electrons. The molecule has 0 aliphatic carbocycles. The average molecular weight is 219 g/mol. The van der Waals surface area contributed by atoms with E-state index in [1.165, 1.54) is 12.3 Å². The molecule has 0 spiro atoms. The lowest BCUT2D eigenvalue weighted by Crippen LogP contribution is -2.21. The van der Waals surface area contributed by atoms with Crippen LogP contribution in [0.2, 0.25) is 0 Å². The van der Waals surface area contributed by atoms with Gasteiger partial charge >= 0.3 is 0 Å². The second-order valence-corrected chi connectivity index (χ2v) is 3.19. The number of rotatable bonds is 3. The van der Waals surface area contributed by atoms with E-state index in [-0.39, 0.29) is 11.6 Å². The normalized spacial score (nSPS) is 15.1. The highest BCUT2D eigenvalue weighted by molar-refractivity contribution is 6.18. The van der Waals surface area contributed by atoms with E-state index in [1.807, 2.05) is 0 Å². The van der Waals surface area contributed by atoms with Crippen molar-refractivity contribution in [1.82, 2.24) is 4.98 Å². The lowest BCUT2D eigenvalue weighted by molar-refractivity contribution is 0.0325. The van der Waals surface area contributed by atoms with Crippen molar-refractivity contribution in [3.8, 4) is 0 Å². The van der Waals surface area contributed by atoms with Gasteiger partial charge < -0.3 is 20.9 Å². The van der Waals surface area contributed by atoms with Crippen molar-refractivity contribution in [2.75, 3.05) is 11.6 Å². The van der Waals surface area contributed by atoms with Gasteiger partial charge in [0.1, 0.15) is 6.10 Å². The Labute approximate surface area is 85.1 Å². The van der Waals surface area contributed by atoms with Crippen LogP contribution in [-0.2, 0) is 0 Å². The summed E-state index contributed by atoms with van der Waals surface area (Å²) in [5.41, 5.74) is 5.22. The van der Waals surface area contributed by atoms with Crippen molar-refractivity contribution in [2.24, 2.45) is 0 Å². The van der Waals surface area contributed by atoms with Gasteiger partial charge in [-0.25, -0.2) is 0 Å².